The van der Waals surface area contributed by atoms with Gasteiger partial charge < -0.3 is 9.30 Å². The fourth-order valence-electron chi connectivity index (χ4n) is 3.91. The molecule has 1 amide bonds. The van der Waals surface area contributed by atoms with Crippen LogP contribution in [0.1, 0.15) is 52.3 Å². The number of sulfone groups is 1. The number of carbonyl (C=O) groups excluding carboxylic acids is 1. The Balaban J connectivity index is 1.94. The second-order valence-electron chi connectivity index (χ2n) is 9.74. The summed E-state index contributed by atoms with van der Waals surface area (Å²) in [7, 11) is -2.48. The maximum Gasteiger partial charge on any atom is 0.431 e. The van der Waals surface area contributed by atoms with Crippen LogP contribution in [-0.2, 0) is 27.8 Å². The number of pyridine rings is 2. The molecule has 4 rings (SSSR count). The van der Waals surface area contributed by atoms with Gasteiger partial charge in [0.15, 0.2) is 15.7 Å². The predicted molar refractivity (Wildman–Crippen MR) is 129 cm³/mol. The van der Waals surface area contributed by atoms with E-state index in [0.717, 1.165) is 10.6 Å². The summed E-state index contributed by atoms with van der Waals surface area (Å²) < 4.78 is 74.2. The smallest absolute Gasteiger partial charge is 0.431 e. The summed E-state index contributed by atoms with van der Waals surface area (Å²) >= 11 is 0. The molecule has 3 aromatic rings. The van der Waals surface area contributed by atoms with Crippen LogP contribution in [0.3, 0.4) is 0 Å². The largest absolute Gasteiger partial charge is 0.444 e. The Hall–Kier alpha value is -3.42. The van der Waals surface area contributed by atoms with Crippen molar-refractivity contribution in [3.63, 3.8) is 0 Å². The van der Waals surface area contributed by atoms with Crippen LogP contribution < -0.4 is 10.9 Å². The summed E-state index contributed by atoms with van der Waals surface area (Å²) in [4.78, 5) is 33.7. The molecule has 10 nitrogen and oxygen atoms in total. The number of hydrogen-bond donors (Lipinski definition) is 1. The summed E-state index contributed by atoms with van der Waals surface area (Å²) in [6.45, 7) is 6.40. The fourth-order valence-corrected chi connectivity index (χ4v) is 4.93. The van der Waals surface area contributed by atoms with E-state index in [1.54, 1.807) is 20.8 Å². The second-order valence-corrected chi connectivity index (χ2v) is 12.0. The Morgan fingerprint density at radius 2 is 1.84 bits per heavy atom. The molecule has 0 saturated heterocycles. The Kier molecular flexibility index (Phi) is 6.37. The number of carbonyl (C=O) groups is 1. The summed E-state index contributed by atoms with van der Waals surface area (Å²) in [5, 5.41) is 2.41. The zero-order valence-electron chi connectivity index (χ0n) is 20.8. The predicted octanol–water partition coefficient (Wildman–Crippen LogP) is 4.29. The van der Waals surface area contributed by atoms with Crippen LogP contribution in [0.2, 0.25) is 0 Å². The molecule has 1 fully saturated rings. The van der Waals surface area contributed by atoms with Crippen molar-refractivity contribution in [1.29, 1.82) is 0 Å². The van der Waals surface area contributed by atoms with E-state index in [1.807, 2.05) is 0 Å². The molecule has 0 unspecified atom stereocenters. The lowest BCUT2D eigenvalue weighted by Gasteiger charge is -2.19. The number of rotatable bonds is 5. The van der Waals surface area contributed by atoms with Crippen LogP contribution in [-0.4, -0.2) is 45.0 Å². The lowest BCUT2D eigenvalue weighted by Crippen LogP contribution is -2.28. The highest BCUT2D eigenvalue weighted by Crippen LogP contribution is 2.40. The molecular weight excluding hydrogens is 515 g/mol. The molecule has 0 radical (unpaired) electrons. The standard InChI is InChI=1S/C23H26F3N5O5S/c1-6-37(34,35)14-9-10-16(29-21(33)36-22(2,3)4)28-17(14)19-27-13-11-15(23(24,25)26)31(12-7-8-12)20(32)18(13)30(19)5/h9-12H,6-8H2,1-5H3,(H,28,29,33). The third kappa shape index (κ3) is 5.20. The molecule has 3 heterocycles. The topological polar surface area (TPSA) is 125 Å². The molecule has 0 spiro atoms. The quantitative estimate of drug-likeness (QED) is 0.511. The second kappa shape index (κ2) is 8.85. The summed E-state index contributed by atoms with van der Waals surface area (Å²) in [6, 6.07) is 2.70. The molecule has 200 valence electrons. The lowest BCUT2D eigenvalue weighted by atomic mass is 10.2. The molecule has 1 aliphatic carbocycles. The van der Waals surface area contributed by atoms with Crippen LogP contribution in [0.15, 0.2) is 27.9 Å². The minimum absolute atomic E-state index is 0.0715. The van der Waals surface area contributed by atoms with Gasteiger partial charge in [-0.15, -0.1) is 0 Å². The molecule has 1 saturated carbocycles. The average Bonchev–Trinajstić information content (AvgIpc) is 3.54. The number of nitrogens with zero attached hydrogens (tertiary/aromatic N) is 4. The molecule has 37 heavy (non-hydrogen) atoms. The van der Waals surface area contributed by atoms with Gasteiger partial charge >= 0.3 is 12.3 Å². The zero-order chi connectivity index (χ0) is 27.5. The normalized spacial score (nSPS) is 14.7. The van der Waals surface area contributed by atoms with Crippen molar-refractivity contribution >= 4 is 32.8 Å². The fraction of sp³-hybridized carbons (Fsp3) is 0.478. The van der Waals surface area contributed by atoms with Gasteiger partial charge in [-0.2, -0.15) is 13.2 Å². The van der Waals surface area contributed by atoms with Crippen LogP contribution in [0.4, 0.5) is 23.8 Å². The molecule has 0 aliphatic heterocycles. The Morgan fingerprint density at radius 3 is 2.38 bits per heavy atom. The van der Waals surface area contributed by atoms with Gasteiger partial charge in [-0.3, -0.25) is 14.7 Å². The minimum atomic E-state index is -4.79. The molecule has 0 aromatic carbocycles. The first-order valence-corrected chi connectivity index (χ1v) is 13.1. The molecule has 1 N–H and O–H groups in total. The van der Waals surface area contributed by atoms with Crippen LogP contribution in [0.25, 0.3) is 22.6 Å². The monoisotopic (exact) mass is 541 g/mol. The van der Waals surface area contributed by atoms with Gasteiger partial charge in [-0.1, -0.05) is 6.92 Å². The first kappa shape index (κ1) is 26.6. The first-order chi connectivity index (χ1) is 17.0. The third-order valence-electron chi connectivity index (χ3n) is 5.69. The van der Waals surface area contributed by atoms with E-state index in [2.05, 4.69) is 15.3 Å². The van der Waals surface area contributed by atoms with Crippen molar-refractivity contribution in [2.45, 2.75) is 63.3 Å². The number of ether oxygens (including phenoxy) is 1. The van der Waals surface area contributed by atoms with Gasteiger partial charge in [0.05, 0.1) is 16.2 Å². The van der Waals surface area contributed by atoms with Crippen molar-refractivity contribution in [3.05, 3.63) is 34.2 Å². The van der Waals surface area contributed by atoms with Gasteiger partial charge in [0, 0.05) is 13.1 Å². The molecule has 1 aliphatic rings. The van der Waals surface area contributed by atoms with Gasteiger partial charge in [-0.25, -0.2) is 23.2 Å². The molecule has 3 aromatic heterocycles. The number of aryl methyl sites for hydroxylation is 1. The summed E-state index contributed by atoms with van der Waals surface area (Å²) in [6.07, 6.45) is -4.75. The summed E-state index contributed by atoms with van der Waals surface area (Å²) in [5.41, 5.74) is -3.41. The first-order valence-electron chi connectivity index (χ1n) is 11.5. The Bertz CT molecular complexity index is 1560. The number of halogens is 3. The maximum atomic E-state index is 13.8. The number of imidazole rings is 1. The van der Waals surface area contributed by atoms with Crippen LogP contribution >= 0.6 is 0 Å². The van der Waals surface area contributed by atoms with Gasteiger partial charge in [0.2, 0.25) is 0 Å². The van der Waals surface area contributed by atoms with E-state index in [0.29, 0.717) is 12.8 Å². The van der Waals surface area contributed by atoms with Crippen molar-refractivity contribution in [2.24, 2.45) is 7.05 Å². The number of fused-ring (bicyclic) bond motifs is 1. The Labute approximate surface area is 210 Å². The summed E-state index contributed by atoms with van der Waals surface area (Å²) in [5.74, 6) is -0.511. The van der Waals surface area contributed by atoms with E-state index in [4.69, 9.17) is 4.74 Å². The van der Waals surface area contributed by atoms with Crippen molar-refractivity contribution in [1.82, 2.24) is 19.1 Å². The van der Waals surface area contributed by atoms with E-state index in [1.165, 1.54) is 30.7 Å². The SMILES string of the molecule is CCS(=O)(=O)c1ccc(NC(=O)OC(C)(C)C)nc1-c1nc2cc(C(F)(F)F)n(C3CC3)c(=O)c2n1C. The minimum Gasteiger partial charge on any atom is -0.444 e. The lowest BCUT2D eigenvalue weighted by molar-refractivity contribution is -0.144. The maximum absolute atomic E-state index is 13.8. The van der Waals surface area contributed by atoms with Gasteiger partial charge in [0.1, 0.15) is 28.3 Å². The average molecular weight is 542 g/mol. The molecular formula is C23H26F3N5O5S. The number of anilines is 1. The van der Waals surface area contributed by atoms with E-state index in [-0.39, 0.29) is 39.0 Å². The van der Waals surface area contributed by atoms with Crippen molar-refractivity contribution in [2.75, 3.05) is 11.1 Å². The van der Waals surface area contributed by atoms with Crippen molar-refractivity contribution < 1.29 is 31.1 Å². The number of nitrogens with one attached hydrogen (secondary N) is 1. The van der Waals surface area contributed by atoms with Crippen LogP contribution in [0, 0.1) is 0 Å². The van der Waals surface area contributed by atoms with Gasteiger partial charge in [0.25, 0.3) is 5.56 Å². The molecule has 0 bridgehead atoms. The highest BCUT2D eigenvalue weighted by molar-refractivity contribution is 7.91. The van der Waals surface area contributed by atoms with Crippen LogP contribution in [0.5, 0.6) is 0 Å². The number of amides is 1. The highest BCUT2D eigenvalue weighted by Gasteiger charge is 2.40. The van der Waals surface area contributed by atoms with E-state index < -0.39 is 45.0 Å². The zero-order valence-corrected chi connectivity index (χ0v) is 21.6. The number of hydrogen-bond acceptors (Lipinski definition) is 7. The Morgan fingerprint density at radius 1 is 1.19 bits per heavy atom. The van der Waals surface area contributed by atoms with E-state index in [9.17, 15) is 31.2 Å². The molecule has 0 atom stereocenters. The number of aromatic nitrogens is 4. The molecule has 14 heteroatoms. The van der Waals surface area contributed by atoms with E-state index >= 15 is 0 Å². The number of alkyl halides is 3. The van der Waals surface area contributed by atoms with Gasteiger partial charge in [-0.05, 0) is 51.8 Å². The highest BCUT2D eigenvalue weighted by atomic mass is 32.2. The third-order valence-corrected chi connectivity index (χ3v) is 7.45. The van der Waals surface area contributed by atoms with Crippen molar-refractivity contribution in [3.8, 4) is 11.5 Å².